The number of aromatic nitrogens is 2. The summed E-state index contributed by atoms with van der Waals surface area (Å²) in [6.45, 7) is 3.17. The molecule has 0 aromatic carbocycles. The molecule has 6 nitrogen and oxygen atoms in total. The summed E-state index contributed by atoms with van der Waals surface area (Å²) in [5, 5.41) is 7.10. The van der Waals surface area contributed by atoms with Gasteiger partial charge in [0.25, 0.3) is 0 Å². The van der Waals surface area contributed by atoms with E-state index in [9.17, 15) is 4.79 Å². The van der Waals surface area contributed by atoms with Crippen molar-refractivity contribution in [1.29, 1.82) is 0 Å². The number of nitrogen functional groups attached to an aromatic ring is 1. The molecule has 5 N–H and O–H groups in total. The van der Waals surface area contributed by atoms with E-state index >= 15 is 0 Å². The third kappa shape index (κ3) is 2.38. The molecule has 0 aliphatic rings. The van der Waals surface area contributed by atoms with Gasteiger partial charge in [-0.1, -0.05) is 0 Å². The SMILES string of the molecule is CCNc1c(N)cnn1CCC(N)=O. The second-order valence-corrected chi connectivity index (χ2v) is 2.92. The molecule has 1 rings (SSSR count). The molecular formula is C8H15N5O. The summed E-state index contributed by atoms with van der Waals surface area (Å²) in [5.41, 5.74) is 11.3. The van der Waals surface area contributed by atoms with Gasteiger partial charge in [-0.3, -0.25) is 4.79 Å². The Bertz CT molecular complexity index is 320. The highest BCUT2D eigenvalue weighted by atomic mass is 16.1. The number of carbonyl (C=O) groups excluding carboxylic acids is 1. The Kier molecular flexibility index (Phi) is 3.33. The first-order chi connectivity index (χ1) is 6.65. The van der Waals surface area contributed by atoms with Crippen LogP contribution in [-0.4, -0.2) is 22.2 Å². The van der Waals surface area contributed by atoms with Crippen LogP contribution in [-0.2, 0) is 11.3 Å². The van der Waals surface area contributed by atoms with Crippen molar-refractivity contribution >= 4 is 17.4 Å². The van der Waals surface area contributed by atoms with Gasteiger partial charge < -0.3 is 16.8 Å². The molecule has 0 saturated carbocycles. The van der Waals surface area contributed by atoms with Crippen molar-refractivity contribution in [2.45, 2.75) is 19.9 Å². The lowest BCUT2D eigenvalue weighted by molar-refractivity contribution is -0.118. The predicted molar refractivity (Wildman–Crippen MR) is 54.6 cm³/mol. The fourth-order valence-corrected chi connectivity index (χ4v) is 1.15. The summed E-state index contributed by atoms with van der Waals surface area (Å²) >= 11 is 0. The molecule has 0 fully saturated rings. The minimum atomic E-state index is -0.346. The molecule has 1 heterocycles. The first kappa shape index (κ1) is 10.4. The minimum Gasteiger partial charge on any atom is -0.394 e. The predicted octanol–water partition coefficient (Wildman–Crippen LogP) is -0.227. The number of rotatable bonds is 5. The van der Waals surface area contributed by atoms with Crippen LogP contribution in [0.1, 0.15) is 13.3 Å². The van der Waals surface area contributed by atoms with E-state index < -0.39 is 0 Å². The average molecular weight is 197 g/mol. The van der Waals surface area contributed by atoms with Gasteiger partial charge in [0.1, 0.15) is 5.82 Å². The Hall–Kier alpha value is -1.72. The van der Waals surface area contributed by atoms with Gasteiger partial charge in [0, 0.05) is 13.0 Å². The molecule has 0 aliphatic heterocycles. The maximum Gasteiger partial charge on any atom is 0.219 e. The van der Waals surface area contributed by atoms with E-state index in [0.717, 1.165) is 12.4 Å². The normalized spacial score (nSPS) is 10.1. The summed E-state index contributed by atoms with van der Waals surface area (Å²) in [5.74, 6) is 0.398. The molecule has 1 aromatic rings. The zero-order valence-corrected chi connectivity index (χ0v) is 8.16. The van der Waals surface area contributed by atoms with Crippen molar-refractivity contribution < 1.29 is 4.79 Å². The number of amides is 1. The molecule has 78 valence electrons. The highest BCUT2D eigenvalue weighted by Crippen LogP contribution is 2.16. The van der Waals surface area contributed by atoms with Gasteiger partial charge in [-0.2, -0.15) is 5.10 Å². The number of anilines is 2. The summed E-state index contributed by atoms with van der Waals surface area (Å²) in [6.07, 6.45) is 1.82. The fraction of sp³-hybridized carbons (Fsp3) is 0.500. The van der Waals surface area contributed by atoms with Gasteiger partial charge in [-0.15, -0.1) is 0 Å². The first-order valence-electron chi connectivity index (χ1n) is 4.48. The minimum absolute atomic E-state index is 0.263. The highest BCUT2D eigenvalue weighted by Gasteiger charge is 2.07. The molecule has 0 aliphatic carbocycles. The van der Waals surface area contributed by atoms with Crippen molar-refractivity contribution in [2.24, 2.45) is 5.73 Å². The number of hydrogen-bond acceptors (Lipinski definition) is 4. The first-order valence-corrected chi connectivity index (χ1v) is 4.48. The quantitative estimate of drug-likeness (QED) is 0.607. The molecule has 1 amide bonds. The number of nitrogens with two attached hydrogens (primary N) is 2. The summed E-state index contributed by atoms with van der Waals surface area (Å²) < 4.78 is 1.64. The topological polar surface area (TPSA) is 99.0 Å². The van der Waals surface area contributed by atoms with Crippen LogP contribution in [0.3, 0.4) is 0 Å². The van der Waals surface area contributed by atoms with Crippen molar-refractivity contribution in [1.82, 2.24) is 9.78 Å². The lowest BCUT2D eigenvalue weighted by Crippen LogP contribution is -2.16. The van der Waals surface area contributed by atoms with E-state index in [0.29, 0.717) is 12.2 Å². The van der Waals surface area contributed by atoms with E-state index in [1.165, 1.54) is 0 Å². The smallest absolute Gasteiger partial charge is 0.219 e. The van der Waals surface area contributed by atoms with Crippen LogP contribution in [0, 0.1) is 0 Å². The second-order valence-electron chi connectivity index (χ2n) is 2.92. The van der Waals surface area contributed by atoms with Crippen LogP contribution < -0.4 is 16.8 Å². The number of nitrogens with zero attached hydrogens (tertiary/aromatic N) is 2. The lowest BCUT2D eigenvalue weighted by Gasteiger charge is -2.07. The van der Waals surface area contributed by atoms with Crippen LogP contribution in [0.4, 0.5) is 11.5 Å². The van der Waals surface area contributed by atoms with Gasteiger partial charge in [0.15, 0.2) is 0 Å². The van der Waals surface area contributed by atoms with E-state index in [-0.39, 0.29) is 12.3 Å². The summed E-state index contributed by atoms with van der Waals surface area (Å²) in [6, 6.07) is 0. The van der Waals surface area contributed by atoms with Gasteiger partial charge in [-0.05, 0) is 6.92 Å². The Labute approximate surface area is 82.3 Å². The lowest BCUT2D eigenvalue weighted by atomic mass is 10.4. The van der Waals surface area contributed by atoms with E-state index in [2.05, 4.69) is 10.4 Å². The van der Waals surface area contributed by atoms with Gasteiger partial charge in [-0.25, -0.2) is 4.68 Å². The maximum absolute atomic E-state index is 10.6. The van der Waals surface area contributed by atoms with Crippen LogP contribution in [0.15, 0.2) is 6.20 Å². The zero-order chi connectivity index (χ0) is 10.6. The van der Waals surface area contributed by atoms with E-state index in [4.69, 9.17) is 11.5 Å². The van der Waals surface area contributed by atoms with Crippen LogP contribution >= 0.6 is 0 Å². The molecule has 0 atom stereocenters. The number of carbonyl (C=O) groups is 1. The van der Waals surface area contributed by atoms with Crippen LogP contribution in [0.5, 0.6) is 0 Å². The third-order valence-electron chi connectivity index (χ3n) is 1.78. The maximum atomic E-state index is 10.6. The van der Waals surface area contributed by atoms with Crippen LogP contribution in [0.25, 0.3) is 0 Å². The summed E-state index contributed by atoms with van der Waals surface area (Å²) in [7, 11) is 0. The van der Waals surface area contributed by atoms with Crippen LogP contribution in [0.2, 0.25) is 0 Å². The second kappa shape index (κ2) is 4.50. The molecule has 14 heavy (non-hydrogen) atoms. The number of nitrogens with one attached hydrogen (secondary N) is 1. The van der Waals surface area contributed by atoms with Crippen molar-refractivity contribution in [3.63, 3.8) is 0 Å². The Morgan fingerprint density at radius 1 is 1.71 bits per heavy atom. The monoisotopic (exact) mass is 197 g/mol. The molecule has 0 spiro atoms. The number of hydrogen-bond donors (Lipinski definition) is 3. The molecule has 1 aromatic heterocycles. The molecule has 0 saturated heterocycles. The van der Waals surface area contributed by atoms with Crippen molar-refractivity contribution in [3.05, 3.63) is 6.20 Å². The Morgan fingerprint density at radius 3 is 3.00 bits per heavy atom. The zero-order valence-electron chi connectivity index (χ0n) is 8.16. The van der Waals surface area contributed by atoms with Crippen molar-refractivity contribution in [2.75, 3.05) is 17.6 Å². The van der Waals surface area contributed by atoms with E-state index in [1.54, 1.807) is 10.9 Å². The van der Waals surface area contributed by atoms with Gasteiger partial charge >= 0.3 is 0 Å². The average Bonchev–Trinajstić information content (AvgIpc) is 2.46. The number of aryl methyl sites for hydroxylation is 1. The summed E-state index contributed by atoms with van der Waals surface area (Å²) in [4.78, 5) is 10.6. The van der Waals surface area contributed by atoms with Crippen molar-refractivity contribution in [3.8, 4) is 0 Å². The number of primary amides is 1. The highest BCUT2D eigenvalue weighted by molar-refractivity contribution is 5.73. The molecule has 0 unspecified atom stereocenters. The Morgan fingerprint density at radius 2 is 2.43 bits per heavy atom. The standard InChI is InChI=1S/C8H15N5O/c1-2-11-8-6(9)5-12-13(8)4-3-7(10)14/h5,11H,2-4,9H2,1H3,(H2,10,14). The van der Waals surface area contributed by atoms with Gasteiger partial charge in [0.2, 0.25) is 5.91 Å². The fourth-order valence-electron chi connectivity index (χ4n) is 1.15. The largest absolute Gasteiger partial charge is 0.394 e. The Balaban J connectivity index is 2.70. The molecular weight excluding hydrogens is 182 g/mol. The van der Waals surface area contributed by atoms with Gasteiger partial charge in [0.05, 0.1) is 18.4 Å². The molecule has 0 radical (unpaired) electrons. The van der Waals surface area contributed by atoms with E-state index in [1.807, 2.05) is 6.92 Å². The molecule has 6 heteroatoms. The third-order valence-corrected chi connectivity index (χ3v) is 1.78. The molecule has 0 bridgehead atoms.